The molecule has 0 bridgehead atoms. The Morgan fingerprint density at radius 2 is 1.69 bits per heavy atom. The van der Waals surface area contributed by atoms with Gasteiger partial charge in [-0.05, 0) is 19.1 Å². The predicted octanol–water partition coefficient (Wildman–Crippen LogP) is 1.06. The van der Waals surface area contributed by atoms with Gasteiger partial charge >= 0.3 is 0 Å². The zero-order chi connectivity index (χ0) is 9.94. The van der Waals surface area contributed by atoms with Crippen molar-refractivity contribution in [2.24, 2.45) is 0 Å². The molecule has 74 valence electrons. The van der Waals surface area contributed by atoms with Crippen LogP contribution < -0.4 is 4.74 Å². The average molecular weight is 184 g/mol. The summed E-state index contributed by atoms with van der Waals surface area (Å²) in [6.07, 6.45) is 0. The minimum atomic E-state index is 0.0644. The zero-order valence-corrected chi connectivity index (χ0v) is 7.81. The lowest BCUT2D eigenvalue weighted by Gasteiger charge is -2.01. The molecule has 0 aliphatic heterocycles. The van der Waals surface area contributed by atoms with E-state index in [4.69, 9.17) is 14.9 Å². The highest BCUT2D eigenvalue weighted by atomic mass is 16.5. The van der Waals surface area contributed by atoms with Crippen molar-refractivity contribution in [2.75, 3.05) is 19.8 Å². The number of benzene rings is 1. The van der Waals surface area contributed by atoms with E-state index in [1.165, 1.54) is 0 Å². The third-order valence-corrected chi connectivity index (χ3v) is 1.10. The van der Waals surface area contributed by atoms with Crippen LogP contribution in [0.2, 0.25) is 0 Å². The van der Waals surface area contributed by atoms with Gasteiger partial charge in [-0.2, -0.15) is 0 Å². The van der Waals surface area contributed by atoms with E-state index < -0.39 is 0 Å². The molecule has 0 aliphatic carbocycles. The first-order valence-electron chi connectivity index (χ1n) is 4.24. The second-order valence-corrected chi connectivity index (χ2v) is 2.20. The van der Waals surface area contributed by atoms with Crippen LogP contribution in [0.1, 0.15) is 6.92 Å². The molecule has 0 saturated carbocycles. The first-order valence-corrected chi connectivity index (χ1v) is 4.24. The molecule has 0 atom stereocenters. The van der Waals surface area contributed by atoms with Gasteiger partial charge in [0.15, 0.2) is 0 Å². The summed E-state index contributed by atoms with van der Waals surface area (Å²) in [5.74, 6) is 0.802. The normalized spacial score (nSPS) is 8.54. The molecule has 0 spiro atoms. The van der Waals surface area contributed by atoms with Gasteiger partial charge < -0.3 is 14.9 Å². The number of hydrogen-bond acceptors (Lipinski definition) is 3. The molecule has 13 heavy (non-hydrogen) atoms. The van der Waals surface area contributed by atoms with Gasteiger partial charge in [0, 0.05) is 6.61 Å². The van der Waals surface area contributed by atoms with Gasteiger partial charge in [-0.25, -0.2) is 0 Å². The Labute approximate surface area is 78.6 Å². The second kappa shape index (κ2) is 9.03. The molecule has 0 heterocycles. The van der Waals surface area contributed by atoms with Crippen molar-refractivity contribution < 1.29 is 14.9 Å². The van der Waals surface area contributed by atoms with Gasteiger partial charge in [-0.1, -0.05) is 18.2 Å². The largest absolute Gasteiger partial charge is 0.491 e. The highest BCUT2D eigenvalue weighted by Crippen LogP contribution is 2.06. The Hall–Kier alpha value is -1.06. The summed E-state index contributed by atoms with van der Waals surface area (Å²) in [5.41, 5.74) is 0. The van der Waals surface area contributed by atoms with Crippen molar-refractivity contribution in [3.63, 3.8) is 0 Å². The minimum absolute atomic E-state index is 0.0644. The molecule has 0 amide bonds. The lowest BCUT2D eigenvalue weighted by molar-refractivity contribution is 0.201. The van der Waals surface area contributed by atoms with Crippen LogP contribution in [-0.4, -0.2) is 30.0 Å². The van der Waals surface area contributed by atoms with Crippen LogP contribution in [0.25, 0.3) is 0 Å². The Kier molecular flexibility index (Phi) is 8.30. The summed E-state index contributed by atoms with van der Waals surface area (Å²) in [6, 6.07) is 9.43. The molecule has 1 aromatic rings. The maximum Gasteiger partial charge on any atom is 0.119 e. The number of aliphatic hydroxyl groups excluding tert-OH is 2. The van der Waals surface area contributed by atoms with E-state index in [2.05, 4.69) is 0 Å². The van der Waals surface area contributed by atoms with Gasteiger partial charge in [0.1, 0.15) is 12.4 Å². The first kappa shape index (κ1) is 11.9. The molecule has 0 aliphatic rings. The Balaban J connectivity index is 0.000000424. The molecule has 0 aromatic heterocycles. The Bertz CT molecular complexity index is 187. The molecule has 0 saturated heterocycles. The van der Waals surface area contributed by atoms with E-state index in [9.17, 15) is 0 Å². The summed E-state index contributed by atoms with van der Waals surface area (Å²) >= 11 is 0. The summed E-state index contributed by atoms with van der Waals surface area (Å²) in [6.45, 7) is 2.36. The van der Waals surface area contributed by atoms with Crippen molar-refractivity contribution in [3.05, 3.63) is 30.3 Å². The maximum atomic E-state index is 8.40. The highest BCUT2D eigenvalue weighted by molar-refractivity contribution is 5.20. The van der Waals surface area contributed by atoms with E-state index in [0.29, 0.717) is 6.61 Å². The summed E-state index contributed by atoms with van der Waals surface area (Å²) < 4.78 is 5.11. The number of rotatable bonds is 3. The van der Waals surface area contributed by atoms with Crippen molar-refractivity contribution in [2.45, 2.75) is 6.92 Å². The molecule has 2 N–H and O–H groups in total. The standard InChI is InChI=1S/C8H10O2.C2H6O/c9-6-7-10-8-4-2-1-3-5-8;1-2-3/h1-5,9H,6-7H2;3H,2H2,1H3. The Morgan fingerprint density at radius 1 is 1.15 bits per heavy atom. The quantitative estimate of drug-likeness (QED) is 0.738. The van der Waals surface area contributed by atoms with E-state index in [1.54, 1.807) is 6.92 Å². The smallest absolute Gasteiger partial charge is 0.119 e. The van der Waals surface area contributed by atoms with Crippen LogP contribution in [0.15, 0.2) is 30.3 Å². The van der Waals surface area contributed by atoms with Crippen LogP contribution in [0.3, 0.4) is 0 Å². The summed E-state index contributed by atoms with van der Waals surface area (Å²) in [7, 11) is 0. The zero-order valence-electron chi connectivity index (χ0n) is 7.81. The van der Waals surface area contributed by atoms with Crippen molar-refractivity contribution >= 4 is 0 Å². The first-order chi connectivity index (χ1) is 6.35. The van der Waals surface area contributed by atoms with Gasteiger partial charge in [-0.3, -0.25) is 0 Å². The lowest BCUT2D eigenvalue weighted by atomic mass is 10.3. The molecule has 0 unspecified atom stereocenters. The molecule has 3 heteroatoms. The fraction of sp³-hybridized carbons (Fsp3) is 0.400. The molecular weight excluding hydrogens is 168 g/mol. The van der Waals surface area contributed by atoms with Crippen LogP contribution >= 0.6 is 0 Å². The topological polar surface area (TPSA) is 49.7 Å². The lowest BCUT2D eigenvalue weighted by Crippen LogP contribution is -2.00. The van der Waals surface area contributed by atoms with Gasteiger partial charge in [-0.15, -0.1) is 0 Å². The third kappa shape index (κ3) is 7.31. The fourth-order valence-corrected chi connectivity index (χ4v) is 0.680. The number of ether oxygens (including phenoxy) is 1. The van der Waals surface area contributed by atoms with Crippen LogP contribution in [-0.2, 0) is 0 Å². The molecular formula is C10H16O3. The average Bonchev–Trinajstić information content (AvgIpc) is 2.18. The van der Waals surface area contributed by atoms with E-state index in [0.717, 1.165) is 5.75 Å². The van der Waals surface area contributed by atoms with Crippen LogP contribution in [0, 0.1) is 0 Å². The Morgan fingerprint density at radius 3 is 2.15 bits per heavy atom. The number of aliphatic hydroxyl groups is 2. The molecule has 1 rings (SSSR count). The third-order valence-electron chi connectivity index (χ3n) is 1.10. The van der Waals surface area contributed by atoms with Gasteiger partial charge in [0.05, 0.1) is 6.61 Å². The maximum absolute atomic E-state index is 8.40. The molecule has 3 nitrogen and oxygen atoms in total. The van der Waals surface area contributed by atoms with Gasteiger partial charge in [0.2, 0.25) is 0 Å². The molecule has 0 radical (unpaired) electrons. The van der Waals surface area contributed by atoms with E-state index >= 15 is 0 Å². The van der Waals surface area contributed by atoms with Crippen molar-refractivity contribution in [1.82, 2.24) is 0 Å². The molecule has 1 aromatic carbocycles. The summed E-state index contributed by atoms with van der Waals surface area (Å²) in [5, 5.41) is 16.0. The number of para-hydroxylation sites is 1. The van der Waals surface area contributed by atoms with Crippen molar-refractivity contribution in [1.29, 1.82) is 0 Å². The van der Waals surface area contributed by atoms with Crippen LogP contribution in [0.4, 0.5) is 0 Å². The van der Waals surface area contributed by atoms with E-state index in [-0.39, 0.29) is 13.2 Å². The summed E-state index contributed by atoms with van der Waals surface area (Å²) in [4.78, 5) is 0. The monoisotopic (exact) mass is 184 g/mol. The number of hydrogen-bond donors (Lipinski definition) is 2. The minimum Gasteiger partial charge on any atom is -0.491 e. The predicted molar refractivity (Wildman–Crippen MR) is 51.8 cm³/mol. The fourth-order valence-electron chi connectivity index (χ4n) is 0.680. The van der Waals surface area contributed by atoms with Crippen LogP contribution in [0.5, 0.6) is 5.75 Å². The van der Waals surface area contributed by atoms with E-state index in [1.807, 2.05) is 30.3 Å². The second-order valence-electron chi connectivity index (χ2n) is 2.20. The van der Waals surface area contributed by atoms with Gasteiger partial charge in [0.25, 0.3) is 0 Å². The SMILES string of the molecule is CCO.OCCOc1ccccc1. The van der Waals surface area contributed by atoms with Crippen molar-refractivity contribution in [3.8, 4) is 5.75 Å². The highest BCUT2D eigenvalue weighted by Gasteiger charge is 1.86. The molecule has 0 fully saturated rings.